The summed E-state index contributed by atoms with van der Waals surface area (Å²) >= 11 is 0. The molecule has 1 aromatic heterocycles. The van der Waals surface area contributed by atoms with Crippen molar-refractivity contribution in [3.8, 4) is 0 Å². The molecule has 1 unspecified atom stereocenters. The van der Waals surface area contributed by atoms with E-state index in [9.17, 15) is 10.1 Å². The summed E-state index contributed by atoms with van der Waals surface area (Å²) in [7, 11) is 0. The van der Waals surface area contributed by atoms with Gasteiger partial charge >= 0.3 is 0 Å². The number of rotatable bonds is 9. The summed E-state index contributed by atoms with van der Waals surface area (Å²) in [6.07, 6.45) is 3.46. The van der Waals surface area contributed by atoms with E-state index in [0.29, 0.717) is 11.9 Å². The van der Waals surface area contributed by atoms with Gasteiger partial charge in [-0.3, -0.25) is 10.1 Å². The van der Waals surface area contributed by atoms with E-state index in [4.69, 9.17) is 0 Å². The van der Waals surface area contributed by atoms with Crippen molar-refractivity contribution in [1.82, 2.24) is 9.88 Å². The smallest absolute Gasteiger partial charge is 0.287 e. The number of anilines is 1. The lowest BCUT2D eigenvalue weighted by molar-refractivity contribution is -0.385. The maximum Gasteiger partial charge on any atom is 0.287 e. The average molecular weight is 280 g/mol. The van der Waals surface area contributed by atoms with Crippen LogP contribution >= 0.6 is 0 Å². The van der Waals surface area contributed by atoms with E-state index in [-0.39, 0.29) is 5.69 Å². The van der Waals surface area contributed by atoms with E-state index in [1.54, 1.807) is 6.07 Å². The molecule has 0 aliphatic heterocycles. The Bertz CT molecular complexity index is 404. The average Bonchev–Trinajstić information content (AvgIpc) is 2.44. The minimum atomic E-state index is -0.440. The van der Waals surface area contributed by atoms with Gasteiger partial charge in [0, 0.05) is 12.1 Å². The maximum atomic E-state index is 10.5. The molecule has 0 aliphatic rings. The third-order valence-electron chi connectivity index (χ3n) is 3.36. The summed E-state index contributed by atoms with van der Waals surface area (Å²) in [4.78, 5) is 16.5. The molecule has 6 nitrogen and oxygen atoms in total. The largest absolute Gasteiger partial charge is 0.368 e. The molecule has 0 spiro atoms. The topological polar surface area (TPSA) is 71.3 Å². The summed E-state index contributed by atoms with van der Waals surface area (Å²) in [6, 6.07) is 3.43. The number of pyridine rings is 1. The number of hydrogen-bond acceptors (Lipinski definition) is 5. The third kappa shape index (κ3) is 5.52. The van der Waals surface area contributed by atoms with Crippen LogP contribution in [-0.2, 0) is 0 Å². The highest BCUT2D eigenvalue weighted by atomic mass is 16.6. The number of aromatic nitrogens is 1. The van der Waals surface area contributed by atoms with Crippen LogP contribution in [0.2, 0.25) is 0 Å². The minimum absolute atomic E-state index is 0.0183. The highest BCUT2D eigenvalue weighted by Gasteiger charge is 2.08. The first-order chi connectivity index (χ1) is 9.56. The zero-order valence-corrected chi connectivity index (χ0v) is 12.5. The Labute approximate surface area is 120 Å². The van der Waals surface area contributed by atoms with Gasteiger partial charge in [-0.25, -0.2) is 4.98 Å². The first-order valence-electron chi connectivity index (χ1n) is 7.16. The van der Waals surface area contributed by atoms with Gasteiger partial charge in [0.05, 0.1) is 4.92 Å². The first kappa shape index (κ1) is 16.4. The van der Waals surface area contributed by atoms with E-state index >= 15 is 0 Å². The molecular formula is C14H24N4O2. The molecule has 1 heterocycles. The molecule has 0 radical (unpaired) electrons. The van der Waals surface area contributed by atoms with Gasteiger partial charge in [0.2, 0.25) is 0 Å². The van der Waals surface area contributed by atoms with Crippen molar-refractivity contribution in [1.29, 1.82) is 0 Å². The zero-order chi connectivity index (χ0) is 15.0. The summed E-state index contributed by atoms with van der Waals surface area (Å²) in [5.74, 6) is 0.686. The van der Waals surface area contributed by atoms with E-state index in [1.165, 1.54) is 12.3 Å². The lowest BCUT2D eigenvalue weighted by Gasteiger charge is -2.20. The van der Waals surface area contributed by atoms with Crippen molar-refractivity contribution in [3.63, 3.8) is 0 Å². The number of nitro groups is 1. The van der Waals surface area contributed by atoms with Crippen LogP contribution in [0.1, 0.15) is 33.6 Å². The van der Waals surface area contributed by atoms with Gasteiger partial charge in [0.25, 0.3) is 5.69 Å². The van der Waals surface area contributed by atoms with Gasteiger partial charge in [0.15, 0.2) is 0 Å². The third-order valence-corrected chi connectivity index (χ3v) is 3.36. The van der Waals surface area contributed by atoms with Crippen molar-refractivity contribution in [2.75, 3.05) is 25.0 Å². The van der Waals surface area contributed by atoms with Crippen molar-refractivity contribution in [3.05, 3.63) is 28.4 Å². The summed E-state index contributed by atoms with van der Waals surface area (Å²) in [6.45, 7) is 9.72. The van der Waals surface area contributed by atoms with Gasteiger partial charge in [-0.15, -0.1) is 0 Å². The molecule has 112 valence electrons. The van der Waals surface area contributed by atoms with Gasteiger partial charge < -0.3 is 10.2 Å². The van der Waals surface area contributed by atoms with Crippen molar-refractivity contribution in [2.24, 2.45) is 0 Å². The second kappa shape index (κ2) is 8.47. The van der Waals surface area contributed by atoms with E-state index < -0.39 is 4.92 Å². The molecule has 6 heteroatoms. The van der Waals surface area contributed by atoms with Crippen molar-refractivity contribution < 1.29 is 4.92 Å². The molecule has 0 saturated heterocycles. The fraction of sp³-hybridized carbons (Fsp3) is 0.643. The fourth-order valence-electron chi connectivity index (χ4n) is 2.06. The van der Waals surface area contributed by atoms with Gasteiger partial charge in [-0.2, -0.15) is 0 Å². The van der Waals surface area contributed by atoms with Crippen LogP contribution in [0.15, 0.2) is 18.3 Å². The van der Waals surface area contributed by atoms with E-state index in [2.05, 4.69) is 36.0 Å². The Balaban J connectivity index is 2.34. The summed E-state index contributed by atoms with van der Waals surface area (Å²) < 4.78 is 0. The Morgan fingerprint density at radius 2 is 2.10 bits per heavy atom. The number of hydrogen-bond donors (Lipinski definition) is 1. The lowest BCUT2D eigenvalue weighted by Crippen LogP contribution is -2.25. The normalized spacial score (nSPS) is 12.4. The van der Waals surface area contributed by atoms with E-state index in [0.717, 1.165) is 32.5 Å². The summed E-state index contributed by atoms with van der Waals surface area (Å²) in [5.41, 5.74) is 0.0183. The maximum absolute atomic E-state index is 10.5. The van der Waals surface area contributed by atoms with Crippen LogP contribution in [0.5, 0.6) is 0 Å². The first-order valence-corrected chi connectivity index (χ1v) is 7.16. The van der Waals surface area contributed by atoms with Gasteiger partial charge in [0.1, 0.15) is 12.0 Å². The molecule has 1 N–H and O–H groups in total. The summed E-state index contributed by atoms with van der Waals surface area (Å²) in [5, 5.41) is 13.8. The minimum Gasteiger partial charge on any atom is -0.368 e. The Hall–Kier alpha value is -1.69. The quantitative estimate of drug-likeness (QED) is 0.556. The molecule has 1 rings (SSSR count). The Morgan fingerprint density at radius 1 is 1.40 bits per heavy atom. The van der Waals surface area contributed by atoms with Gasteiger partial charge in [-0.1, -0.05) is 13.8 Å². The molecule has 0 aromatic carbocycles. The number of nitrogens with zero attached hydrogens (tertiary/aromatic N) is 3. The monoisotopic (exact) mass is 280 g/mol. The highest BCUT2D eigenvalue weighted by molar-refractivity contribution is 5.40. The van der Waals surface area contributed by atoms with Crippen LogP contribution in [0.4, 0.5) is 11.5 Å². The van der Waals surface area contributed by atoms with Crippen LogP contribution in [-0.4, -0.2) is 40.5 Å². The fourth-order valence-corrected chi connectivity index (χ4v) is 2.06. The van der Waals surface area contributed by atoms with E-state index in [1.807, 2.05) is 0 Å². The van der Waals surface area contributed by atoms with Crippen LogP contribution in [0.25, 0.3) is 0 Å². The molecule has 1 aromatic rings. The number of nitrogens with one attached hydrogen (secondary N) is 1. The zero-order valence-electron chi connectivity index (χ0n) is 12.5. The molecule has 0 bridgehead atoms. The van der Waals surface area contributed by atoms with Crippen molar-refractivity contribution >= 4 is 11.5 Å². The molecule has 20 heavy (non-hydrogen) atoms. The molecule has 0 saturated carbocycles. The predicted molar refractivity (Wildman–Crippen MR) is 81.0 cm³/mol. The predicted octanol–water partition coefficient (Wildman–Crippen LogP) is 2.91. The highest BCUT2D eigenvalue weighted by Crippen LogP contribution is 2.13. The second-order valence-electron chi connectivity index (χ2n) is 4.87. The van der Waals surface area contributed by atoms with Gasteiger partial charge in [-0.05, 0) is 45.5 Å². The van der Waals surface area contributed by atoms with Crippen LogP contribution in [0, 0.1) is 10.1 Å². The second-order valence-corrected chi connectivity index (χ2v) is 4.87. The molecule has 0 fully saturated rings. The lowest BCUT2D eigenvalue weighted by atomic mass is 10.1. The Kier molecular flexibility index (Phi) is 6.93. The molecular weight excluding hydrogens is 256 g/mol. The molecule has 0 amide bonds. The molecule has 1 atom stereocenters. The van der Waals surface area contributed by atoms with Crippen LogP contribution < -0.4 is 5.32 Å². The standard InChI is InChI=1S/C14H24N4O2/c1-4-17(5-2)10-6-7-12(3)16-14-9-8-13(11-15-14)18(19)20/h8-9,11-12H,4-7,10H2,1-3H3,(H,15,16). The van der Waals surface area contributed by atoms with Crippen molar-refractivity contribution in [2.45, 2.75) is 39.7 Å². The Morgan fingerprint density at radius 3 is 2.60 bits per heavy atom. The SMILES string of the molecule is CCN(CC)CCCC(C)Nc1ccc([N+](=O)[O-])cn1. The molecule has 0 aliphatic carbocycles. The van der Waals surface area contributed by atoms with Crippen LogP contribution in [0.3, 0.4) is 0 Å².